The highest BCUT2D eigenvalue weighted by atomic mass is 32.2. The van der Waals surface area contributed by atoms with Crippen LogP contribution in [0, 0.1) is 0 Å². The zero-order valence-corrected chi connectivity index (χ0v) is 16.3. The molecule has 0 spiro atoms. The molecule has 0 atom stereocenters. The fourth-order valence-corrected chi connectivity index (χ4v) is 4.84. The first-order valence-corrected chi connectivity index (χ1v) is 10.9. The molecule has 0 unspecified atom stereocenters. The van der Waals surface area contributed by atoms with Crippen molar-refractivity contribution in [2.45, 2.75) is 5.75 Å². The van der Waals surface area contributed by atoms with Crippen LogP contribution in [0.25, 0.3) is 11.3 Å². The Morgan fingerprint density at radius 2 is 1.39 bits per heavy atom. The van der Waals surface area contributed by atoms with Gasteiger partial charge in [-0.05, 0) is 17.7 Å². The molecule has 144 valence electrons. The molecule has 1 saturated heterocycles. The second-order valence-electron chi connectivity index (χ2n) is 6.77. The SMILES string of the molecule is O=S(=O)(Cc1ccccc1)N1CCN(c2ccc(-c3ccccc3)nn2)CC1. The third-order valence-corrected chi connectivity index (χ3v) is 6.72. The lowest BCUT2D eigenvalue weighted by Gasteiger charge is -2.34. The van der Waals surface area contributed by atoms with Crippen molar-refractivity contribution in [3.63, 3.8) is 0 Å². The second-order valence-corrected chi connectivity index (χ2v) is 8.74. The Bertz CT molecular complexity index is 1000. The van der Waals surface area contributed by atoms with Gasteiger partial charge in [0, 0.05) is 31.7 Å². The monoisotopic (exact) mass is 394 g/mol. The molecule has 6 nitrogen and oxygen atoms in total. The van der Waals surface area contributed by atoms with Gasteiger partial charge in [-0.25, -0.2) is 8.42 Å². The standard InChI is InChI=1S/C21H22N4O2S/c26-28(27,17-18-7-3-1-4-8-18)25-15-13-24(14-16-25)21-12-11-20(22-23-21)19-9-5-2-6-10-19/h1-12H,13-17H2. The van der Waals surface area contributed by atoms with E-state index in [-0.39, 0.29) is 5.75 Å². The van der Waals surface area contributed by atoms with Gasteiger partial charge >= 0.3 is 0 Å². The minimum atomic E-state index is -3.31. The number of sulfonamides is 1. The molecule has 28 heavy (non-hydrogen) atoms. The number of hydrogen-bond acceptors (Lipinski definition) is 5. The molecule has 1 aliphatic heterocycles. The Morgan fingerprint density at radius 1 is 0.750 bits per heavy atom. The molecule has 2 aromatic carbocycles. The number of nitrogens with zero attached hydrogens (tertiary/aromatic N) is 4. The summed E-state index contributed by atoms with van der Waals surface area (Å²) in [5.41, 5.74) is 2.67. The maximum Gasteiger partial charge on any atom is 0.218 e. The van der Waals surface area contributed by atoms with Gasteiger partial charge in [-0.15, -0.1) is 10.2 Å². The Balaban J connectivity index is 1.39. The smallest absolute Gasteiger partial charge is 0.218 e. The summed E-state index contributed by atoms with van der Waals surface area (Å²) in [4.78, 5) is 2.08. The van der Waals surface area contributed by atoms with E-state index in [0.717, 1.165) is 22.6 Å². The summed E-state index contributed by atoms with van der Waals surface area (Å²) in [6, 6.07) is 23.1. The van der Waals surface area contributed by atoms with Crippen molar-refractivity contribution in [3.05, 3.63) is 78.4 Å². The molecule has 2 heterocycles. The van der Waals surface area contributed by atoms with E-state index in [1.54, 1.807) is 4.31 Å². The quantitative estimate of drug-likeness (QED) is 0.666. The maximum absolute atomic E-state index is 12.7. The average molecular weight is 395 g/mol. The molecule has 0 saturated carbocycles. The molecule has 0 N–H and O–H groups in total. The van der Waals surface area contributed by atoms with Gasteiger partial charge in [-0.1, -0.05) is 60.7 Å². The number of benzene rings is 2. The zero-order valence-electron chi connectivity index (χ0n) is 15.5. The lowest BCUT2D eigenvalue weighted by atomic mass is 10.1. The number of rotatable bonds is 5. The van der Waals surface area contributed by atoms with E-state index in [1.165, 1.54) is 0 Å². The summed E-state index contributed by atoms with van der Waals surface area (Å²) in [5.74, 6) is 0.819. The van der Waals surface area contributed by atoms with Gasteiger partial charge in [-0.3, -0.25) is 0 Å². The van der Waals surface area contributed by atoms with Gasteiger partial charge in [0.25, 0.3) is 0 Å². The summed E-state index contributed by atoms with van der Waals surface area (Å²) in [5, 5.41) is 8.67. The lowest BCUT2D eigenvalue weighted by molar-refractivity contribution is 0.383. The molecule has 0 amide bonds. The molecule has 1 aliphatic rings. The van der Waals surface area contributed by atoms with Crippen LogP contribution in [0.2, 0.25) is 0 Å². The minimum absolute atomic E-state index is 0.0411. The van der Waals surface area contributed by atoms with Gasteiger partial charge in [0.05, 0.1) is 11.4 Å². The molecule has 0 aliphatic carbocycles. The number of hydrogen-bond donors (Lipinski definition) is 0. The summed E-state index contributed by atoms with van der Waals surface area (Å²) in [7, 11) is -3.31. The largest absolute Gasteiger partial charge is 0.352 e. The topological polar surface area (TPSA) is 66.4 Å². The van der Waals surface area contributed by atoms with E-state index in [1.807, 2.05) is 72.8 Å². The Labute approximate surface area is 165 Å². The van der Waals surface area contributed by atoms with Gasteiger partial charge in [0.15, 0.2) is 5.82 Å². The molecule has 1 aromatic heterocycles. The van der Waals surface area contributed by atoms with Gasteiger partial charge in [-0.2, -0.15) is 4.31 Å². The van der Waals surface area contributed by atoms with Gasteiger partial charge < -0.3 is 4.90 Å². The van der Waals surface area contributed by atoms with E-state index in [9.17, 15) is 8.42 Å². The molecule has 3 aromatic rings. The molecule has 0 radical (unpaired) electrons. The summed E-state index contributed by atoms with van der Waals surface area (Å²) >= 11 is 0. The molecule has 7 heteroatoms. The van der Waals surface area contributed by atoms with E-state index in [0.29, 0.717) is 26.2 Å². The van der Waals surface area contributed by atoms with Crippen LogP contribution >= 0.6 is 0 Å². The first kappa shape index (κ1) is 18.6. The molecule has 1 fully saturated rings. The van der Waals surface area contributed by atoms with Crippen LogP contribution in [-0.2, 0) is 15.8 Å². The minimum Gasteiger partial charge on any atom is -0.352 e. The van der Waals surface area contributed by atoms with E-state index < -0.39 is 10.0 Å². The van der Waals surface area contributed by atoms with Crippen LogP contribution < -0.4 is 4.90 Å². The summed E-state index contributed by atoms with van der Waals surface area (Å²) in [6.45, 7) is 2.12. The maximum atomic E-state index is 12.7. The van der Waals surface area contributed by atoms with Crippen LogP contribution in [-0.4, -0.2) is 49.1 Å². The van der Waals surface area contributed by atoms with E-state index in [2.05, 4.69) is 15.1 Å². The predicted octanol–water partition coefficient (Wildman–Crippen LogP) is 2.80. The van der Waals surface area contributed by atoms with Crippen molar-refractivity contribution in [1.82, 2.24) is 14.5 Å². The highest BCUT2D eigenvalue weighted by Gasteiger charge is 2.27. The number of aromatic nitrogens is 2. The second kappa shape index (κ2) is 8.08. The van der Waals surface area contributed by atoms with Crippen molar-refractivity contribution >= 4 is 15.8 Å². The van der Waals surface area contributed by atoms with Crippen molar-refractivity contribution in [2.75, 3.05) is 31.1 Å². The van der Waals surface area contributed by atoms with Crippen LogP contribution in [0.5, 0.6) is 0 Å². The summed E-state index contributed by atoms with van der Waals surface area (Å²) in [6.07, 6.45) is 0. The van der Waals surface area contributed by atoms with Crippen molar-refractivity contribution in [1.29, 1.82) is 0 Å². The van der Waals surface area contributed by atoms with E-state index >= 15 is 0 Å². The Hall–Kier alpha value is -2.77. The van der Waals surface area contributed by atoms with Gasteiger partial charge in [0.1, 0.15) is 0 Å². The molecule has 0 bridgehead atoms. The van der Waals surface area contributed by atoms with Gasteiger partial charge in [0.2, 0.25) is 10.0 Å². The van der Waals surface area contributed by atoms with Crippen molar-refractivity contribution in [2.24, 2.45) is 0 Å². The lowest BCUT2D eigenvalue weighted by Crippen LogP contribution is -2.49. The highest BCUT2D eigenvalue weighted by molar-refractivity contribution is 7.88. The van der Waals surface area contributed by atoms with Crippen molar-refractivity contribution < 1.29 is 8.42 Å². The molecular formula is C21H22N4O2S. The molecular weight excluding hydrogens is 372 g/mol. The Kier molecular flexibility index (Phi) is 5.36. The Morgan fingerprint density at radius 3 is 2.00 bits per heavy atom. The summed E-state index contributed by atoms with van der Waals surface area (Å²) < 4.78 is 26.9. The molecule has 4 rings (SSSR count). The van der Waals surface area contributed by atoms with Crippen LogP contribution in [0.1, 0.15) is 5.56 Å². The van der Waals surface area contributed by atoms with Crippen molar-refractivity contribution in [3.8, 4) is 11.3 Å². The number of anilines is 1. The average Bonchev–Trinajstić information content (AvgIpc) is 2.75. The van der Waals surface area contributed by atoms with Crippen LogP contribution in [0.15, 0.2) is 72.8 Å². The third-order valence-electron chi connectivity index (χ3n) is 4.87. The predicted molar refractivity (Wildman–Crippen MR) is 110 cm³/mol. The van der Waals surface area contributed by atoms with Crippen LogP contribution in [0.4, 0.5) is 5.82 Å². The highest BCUT2D eigenvalue weighted by Crippen LogP contribution is 2.20. The number of piperazine rings is 1. The van der Waals surface area contributed by atoms with E-state index in [4.69, 9.17) is 0 Å². The van der Waals surface area contributed by atoms with Crippen LogP contribution in [0.3, 0.4) is 0 Å². The first-order valence-electron chi connectivity index (χ1n) is 9.28. The fourth-order valence-electron chi connectivity index (χ4n) is 3.33. The zero-order chi connectivity index (χ0) is 19.4. The normalized spacial score (nSPS) is 15.5. The fraction of sp³-hybridized carbons (Fsp3) is 0.238. The first-order chi connectivity index (χ1) is 13.6. The third kappa shape index (κ3) is 4.21.